The summed E-state index contributed by atoms with van der Waals surface area (Å²) >= 11 is 6.13. The second kappa shape index (κ2) is 5.61. The van der Waals surface area contributed by atoms with Gasteiger partial charge in [0.2, 0.25) is 0 Å². The molecule has 1 unspecified atom stereocenters. The van der Waals surface area contributed by atoms with Gasteiger partial charge >= 0.3 is 5.97 Å². The van der Waals surface area contributed by atoms with Gasteiger partial charge in [0.25, 0.3) is 0 Å². The van der Waals surface area contributed by atoms with E-state index in [-0.39, 0.29) is 6.42 Å². The minimum atomic E-state index is -0.701. The van der Waals surface area contributed by atoms with Crippen molar-refractivity contribution in [1.29, 1.82) is 0 Å². The molecule has 0 radical (unpaired) electrons. The van der Waals surface area contributed by atoms with Gasteiger partial charge in [0.15, 0.2) is 0 Å². The lowest BCUT2D eigenvalue weighted by Crippen LogP contribution is -2.20. The maximum atomic E-state index is 10.6. The Bertz CT molecular complexity index is 447. The molecule has 1 aliphatic rings. The first-order valence-corrected chi connectivity index (χ1v) is 6.67. The second-order valence-corrected chi connectivity index (χ2v) is 5.32. The van der Waals surface area contributed by atoms with Crippen LogP contribution in [0.2, 0.25) is 5.02 Å². The molecule has 0 bridgehead atoms. The lowest BCUT2D eigenvalue weighted by atomic mass is 10.0. The fraction of sp³-hybridized carbons (Fsp3) is 0.500. The summed E-state index contributed by atoms with van der Waals surface area (Å²) in [4.78, 5) is 12.9. The number of benzene rings is 1. The van der Waals surface area contributed by atoms with Gasteiger partial charge in [-0.3, -0.25) is 4.79 Å². The van der Waals surface area contributed by atoms with E-state index in [4.69, 9.17) is 16.7 Å². The van der Waals surface area contributed by atoms with E-state index in [1.165, 1.54) is 5.69 Å². The van der Waals surface area contributed by atoms with Crippen LogP contribution in [0.4, 0.5) is 5.69 Å². The molecule has 4 heteroatoms. The van der Waals surface area contributed by atoms with Crippen LogP contribution in [0.1, 0.15) is 24.8 Å². The van der Waals surface area contributed by atoms with Crippen molar-refractivity contribution < 1.29 is 9.90 Å². The number of carboxylic acids is 1. The fourth-order valence-electron chi connectivity index (χ4n) is 2.55. The standard InChI is InChI=1S/C14H18ClNO2/c1-10-12(15)3-2-4-13(10)16-8-7-11(9-16)5-6-14(17)18/h2-4,11H,5-9H2,1H3,(H,17,18). The van der Waals surface area contributed by atoms with E-state index in [1.807, 2.05) is 19.1 Å². The molecule has 1 saturated heterocycles. The van der Waals surface area contributed by atoms with Crippen molar-refractivity contribution in [3.8, 4) is 0 Å². The Kier molecular flexibility index (Phi) is 4.12. The highest BCUT2D eigenvalue weighted by Gasteiger charge is 2.24. The third kappa shape index (κ3) is 2.96. The summed E-state index contributed by atoms with van der Waals surface area (Å²) < 4.78 is 0. The van der Waals surface area contributed by atoms with Crippen molar-refractivity contribution in [3.63, 3.8) is 0 Å². The molecule has 98 valence electrons. The summed E-state index contributed by atoms with van der Waals surface area (Å²) in [6, 6.07) is 5.95. The molecule has 1 atom stereocenters. The molecule has 2 rings (SSSR count). The van der Waals surface area contributed by atoms with Crippen LogP contribution < -0.4 is 4.90 Å². The highest BCUT2D eigenvalue weighted by molar-refractivity contribution is 6.31. The van der Waals surface area contributed by atoms with E-state index in [0.29, 0.717) is 5.92 Å². The molecule has 1 aromatic rings. The third-order valence-electron chi connectivity index (χ3n) is 3.63. The van der Waals surface area contributed by atoms with Crippen molar-refractivity contribution in [3.05, 3.63) is 28.8 Å². The van der Waals surface area contributed by atoms with Crippen molar-refractivity contribution >= 4 is 23.3 Å². The summed E-state index contributed by atoms with van der Waals surface area (Å²) in [6.45, 7) is 3.96. The van der Waals surface area contributed by atoms with Crippen LogP contribution in [0.5, 0.6) is 0 Å². The first-order valence-electron chi connectivity index (χ1n) is 6.30. The molecule has 0 aromatic heterocycles. The summed E-state index contributed by atoms with van der Waals surface area (Å²) in [5.41, 5.74) is 2.29. The Hall–Kier alpha value is -1.22. The molecule has 0 amide bonds. The lowest BCUT2D eigenvalue weighted by molar-refractivity contribution is -0.137. The van der Waals surface area contributed by atoms with E-state index in [0.717, 1.165) is 36.5 Å². The minimum absolute atomic E-state index is 0.271. The van der Waals surface area contributed by atoms with Crippen LogP contribution in [0.15, 0.2) is 18.2 Å². The maximum Gasteiger partial charge on any atom is 0.303 e. The lowest BCUT2D eigenvalue weighted by Gasteiger charge is -2.21. The molecule has 0 spiro atoms. The van der Waals surface area contributed by atoms with Crippen molar-refractivity contribution in [2.45, 2.75) is 26.2 Å². The molecule has 18 heavy (non-hydrogen) atoms. The second-order valence-electron chi connectivity index (χ2n) is 4.92. The highest BCUT2D eigenvalue weighted by Crippen LogP contribution is 2.31. The minimum Gasteiger partial charge on any atom is -0.481 e. The number of anilines is 1. The normalized spacial score (nSPS) is 19.2. The molecular formula is C14H18ClNO2. The number of halogens is 1. The monoisotopic (exact) mass is 267 g/mol. The zero-order valence-electron chi connectivity index (χ0n) is 10.5. The number of carboxylic acid groups (broad SMARTS) is 1. The third-order valence-corrected chi connectivity index (χ3v) is 4.04. The van der Waals surface area contributed by atoms with Crippen LogP contribution in [0, 0.1) is 12.8 Å². The van der Waals surface area contributed by atoms with Crippen molar-refractivity contribution in [2.75, 3.05) is 18.0 Å². The van der Waals surface area contributed by atoms with Crippen molar-refractivity contribution in [2.24, 2.45) is 5.92 Å². The smallest absolute Gasteiger partial charge is 0.303 e. The van der Waals surface area contributed by atoms with Gasteiger partial charge in [-0.15, -0.1) is 0 Å². The molecule has 1 aromatic carbocycles. The Morgan fingerprint density at radius 3 is 3.06 bits per heavy atom. The number of rotatable bonds is 4. The van der Waals surface area contributed by atoms with Gasteiger partial charge < -0.3 is 10.0 Å². The number of aliphatic carboxylic acids is 1. The topological polar surface area (TPSA) is 40.5 Å². The van der Waals surface area contributed by atoms with Crippen LogP contribution >= 0.6 is 11.6 Å². The molecule has 1 aliphatic heterocycles. The summed E-state index contributed by atoms with van der Waals surface area (Å²) in [5.74, 6) is -0.216. The van der Waals surface area contributed by atoms with E-state index in [9.17, 15) is 4.79 Å². The first kappa shape index (κ1) is 13.2. The van der Waals surface area contributed by atoms with Gasteiger partial charge in [-0.2, -0.15) is 0 Å². The Morgan fingerprint density at radius 1 is 1.56 bits per heavy atom. The fourth-order valence-corrected chi connectivity index (χ4v) is 2.72. The molecule has 0 aliphatic carbocycles. The van der Waals surface area contributed by atoms with Gasteiger partial charge in [0, 0.05) is 30.2 Å². The Balaban J connectivity index is 2.00. The average Bonchev–Trinajstić information content (AvgIpc) is 2.78. The average molecular weight is 268 g/mol. The van der Waals surface area contributed by atoms with Crippen molar-refractivity contribution in [1.82, 2.24) is 0 Å². The largest absolute Gasteiger partial charge is 0.481 e. The summed E-state index contributed by atoms with van der Waals surface area (Å²) in [5, 5.41) is 9.50. The number of carbonyl (C=O) groups is 1. The van der Waals surface area contributed by atoms with Crippen LogP contribution in [-0.2, 0) is 4.79 Å². The predicted octanol–water partition coefficient (Wildman–Crippen LogP) is 3.34. The van der Waals surface area contributed by atoms with Gasteiger partial charge in [-0.1, -0.05) is 17.7 Å². The van der Waals surface area contributed by atoms with E-state index in [2.05, 4.69) is 11.0 Å². The Labute approximate surface area is 112 Å². The van der Waals surface area contributed by atoms with Gasteiger partial charge in [0.1, 0.15) is 0 Å². The molecule has 1 N–H and O–H groups in total. The quantitative estimate of drug-likeness (QED) is 0.910. The van der Waals surface area contributed by atoms with Gasteiger partial charge in [-0.05, 0) is 43.4 Å². The number of hydrogen-bond donors (Lipinski definition) is 1. The molecule has 1 fully saturated rings. The zero-order valence-corrected chi connectivity index (χ0v) is 11.3. The summed E-state index contributed by atoms with van der Waals surface area (Å²) in [7, 11) is 0. The molecular weight excluding hydrogens is 250 g/mol. The predicted molar refractivity (Wildman–Crippen MR) is 73.4 cm³/mol. The van der Waals surface area contributed by atoms with E-state index >= 15 is 0 Å². The summed E-state index contributed by atoms with van der Waals surface area (Å²) in [6.07, 6.45) is 2.11. The molecule has 1 heterocycles. The number of hydrogen-bond acceptors (Lipinski definition) is 2. The van der Waals surface area contributed by atoms with Crippen LogP contribution in [0.25, 0.3) is 0 Å². The van der Waals surface area contributed by atoms with Gasteiger partial charge in [0.05, 0.1) is 0 Å². The molecule has 0 saturated carbocycles. The number of nitrogens with zero attached hydrogens (tertiary/aromatic N) is 1. The Morgan fingerprint density at radius 2 is 2.33 bits per heavy atom. The van der Waals surface area contributed by atoms with Crippen LogP contribution in [0.3, 0.4) is 0 Å². The van der Waals surface area contributed by atoms with E-state index < -0.39 is 5.97 Å². The highest BCUT2D eigenvalue weighted by atomic mass is 35.5. The maximum absolute atomic E-state index is 10.6. The van der Waals surface area contributed by atoms with Gasteiger partial charge in [-0.25, -0.2) is 0 Å². The SMILES string of the molecule is Cc1c(Cl)cccc1N1CCC(CCC(=O)O)C1. The zero-order chi connectivity index (χ0) is 13.1. The van der Waals surface area contributed by atoms with Crippen LogP contribution in [-0.4, -0.2) is 24.2 Å². The first-order chi connectivity index (χ1) is 8.58. The van der Waals surface area contributed by atoms with E-state index in [1.54, 1.807) is 0 Å². The molecule has 3 nitrogen and oxygen atoms in total.